The summed E-state index contributed by atoms with van der Waals surface area (Å²) in [7, 11) is -2.12. The van der Waals surface area contributed by atoms with Crippen molar-refractivity contribution in [1.82, 2.24) is 19.7 Å². The molecule has 0 unspecified atom stereocenters. The summed E-state index contributed by atoms with van der Waals surface area (Å²) in [6.45, 7) is 0.282. The Balaban J connectivity index is 2.02. The number of aromatic nitrogens is 3. The molecule has 108 valence electrons. The molecule has 0 atom stereocenters. The number of sulfonamides is 1. The number of nitrogen functional groups attached to an aromatic ring is 1. The summed E-state index contributed by atoms with van der Waals surface area (Å²) in [5.41, 5.74) is 7.27. The number of benzene rings is 1. The molecule has 9 heteroatoms. The highest BCUT2D eigenvalue weighted by atomic mass is 79.9. The molecule has 20 heavy (non-hydrogen) atoms. The van der Waals surface area contributed by atoms with E-state index in [4.69, 9.17) is 5.73 Å². The van der Waals surface area contributed by atoms with Crippen molar-refractivity contribution in [3.63, 3.8) is 0 Å². The third-order valence-corrected chi connectivity index (χ3v) is 5.02. The summed E-state index contributed by atoms with van der Waals surface area (Å²) in [5, 5.41) is 7.31. The molecule has 1 aromatic carbocycles. The molecule has 0 aliphatic heterocycles. The minimum atomic E-state index is -3.64. The standard InChI is InChI=1S/C11H14BrN5O2S/c1-17-11(10(12)15-16-17)20(18,19)14-7-6-8-2-4-9(13)5-3-8/h2-5,14H,6-7,13H2,1H3. The molecule has 0 spiro atoms. The van der Waals surface area contributed by atoms with E-state index in [2.05, 4.69) is 31.0 Å². The van der Waals surface area contributed by atoms with Crippen LogP contribution in [0.25, 0.3) is 0 Å². The van der Waals surface area contributed by atoms with Crippen molar-refractivity contribution in [3.05, 3.63) is 34.4 Å². The van der Waals surface area contributed by atoms with Crippen molar-refractivity contribution >= 4 is 31.6 Å². The van der Waals surface area contributed by atoms with Gasteiger partial charge in [-0.05, 0) is 40.0 Å². The first-order valence-electron chi connectivity index (χ1n) is 5.79. The van der Waals surface area contributed by atoms with Gasteiger partial charge in [-0.2, -0.15) is 0 Å². The first kappa shape index (κ1) is 14.9. The smallest absolute Gasteiger partial charge is 0.260 e. The van der Waals surface area contributed by atoms with Gasteiger partial charge in [0.1, 0.15) is 0 Å². The number of nitrogens with one attached hydrogen (secondary N) is 1. The van der Waals surface area contributed by atoms with Crippen LogP contribution < -0.4 is 10.5 Å². The van der Waals surface area contributed by atoms with Crippen LogP contribution in [0.2, 0.25) is 0 Å². The number of nitrogens with two attached hydrogens (primary N) is 1. The Morgan fingerprint density at radius 1 is 1.35 bits per heavy atom. The van der Waals surface area contributed by atoms with E-state index in [1.165, 1.54) is 11.7 Å². The minimum absolute atomic E-state index is 0.00908. The van der Waals surface area contributed by atoms with Crippen LogP contribution in [0.1, 0.15) is 5.56 Å². The number of hydrogen-bond donors (Lipinski definition) is 2. The molecule has 2 rings (SSSR count). The van der Waals surface area contributed by atoms with Crippen molar-refractivity contribution in [2.24, 2.45) is 7.05 Å². The second-order valence-corrected chi connectivity index (χ2v) is 6.63. The molecule has 0 saturated heterocycles. The van der Waals surface area contributed by atoms with E-state index in [1.54, 1.807) is 12.1 Å². The zero-order valence-corrected chi connectivity index (χ0v) is 13.1. The molecule has 0 aliphatic rings. The topological polar surface area (TPSA) is 103 Å². The Morgan fingerprint density at radius 3 is 2.55 bits per heavy atom. The molecule has 0 aliphatic carbocycles. The van der Waals surface area contributed by atoms with Gasteiger partial charge >= 0.3 is 0 Å². The first-order chi connectivity index (χ1) is 9.40. The summed E-state index contributed by atoms with van der Waals surface area (Å²) in [6.07, 6.45) is 0.572. The minimum Gasteiger partial charge on any atom is -0.399 e. The van der Waals surface area contributed by atoms with Crippen LogP contribution in [0.5, 0.6) is 0 Å². The number of anilines is 1. The van der Waals surface area contributed by atoms with E-state index >= 15 is 0 Å². The summed E-state index contributed by atoms with van der Waals surface area (Å²) in [6, 6.07) is 7.30. The SMILES string of the molecule is Cn1nnc(Br)c1S(=O)(=O)NCCc1ccc(N)cc1. The maximum atomic E-state index is 12.1. The number of halogens is 1. The average molecular weight is 360 g/mol. The van der Waals surface area contributed by atoms with Crippen LogP contribution in [-0.4, -0.2) is 30.0 Å². The second-order valence-electron chi connectivity index (χ2n) is 4.20. The fourth-order valence-corrected chi connectivity index (χ4v) is 3.81. The monoisotopic (exact) mass is 359 g/mol. The highest BCUT2D eigenvalue weighted by Crippen LogP contribution is 2.17. The first-order valence-corrected chi connectivity index (χ1v) is 8.07. The Hall–Kier alpha value is -1.45. The lowest BCUT2D eigenvalue weighted by Crippen LogP contribution is -2.28. The van der Waals surface area contributed by atoms with Crippen molar-refractivity contribution < 1.29 is 8.42 Å². The third-order valence-electron chi connectivity index (χ3n) is 2.68. The lowest BCUT2D eigenvalue weighted by atomic mass is 10.1. The normalized spacial score (nSPS) is 11.7. The molecule has 3 N–H and O–H groups in total. The van der Waals surface area contributed by atoms with Gasteiger partial charge in [0, 0.05) is 19.3 Å². The lowest BCUT2D eigenvalue weighted by Gasteiger charge is -2.07. The van der Waals surface area contributed by atoms with E-state index in [1.807, 2.05) is 12.1 Å². The molecule has 7 nitrogen and oxygen atoms in total. The van der Waals surface area contributed by atoms with Gasteiger partial charge in [-0.3, -0.25) is 0 Å². The molecular formula is C11H14BrN5O2S. The summed E-state index contributed by atoms with van der Waals surface area (Å²) in [4.78, 5) is 0. The molecule has 2 aromatic rings. The van der Waals surface area contributed by atoms with Crippen molar-refractivity contribution in [1.29, 1.82) is 0 Å². The highest BCUT2D eigenvalue weighted by Gasteiger charge is 2.23. The van der Waals surface area contributed by atoms with Crippen LogP contribution >= 0.6 is 15.9 Å². The van der Waals surface area contributed by atoms with Gasteiger partial charge in [-0.25, -0.2) is 17.8 Å². The Labute approximate surface area is 125 Å². The molecule has 0 radical (unpaired) electrons. The van der Waals surface area contributed by atoms with Gasteiger partial charge in [-0.15, -0.1) is 5.10 Å². The number of nitrogens with zero attached hydrogens (tertiary/aromatic N) is 3. The van der Waals surface area contributed by atoms with Crippen LogP contribution in [0, 0.1) is 0 Å². The molecule has 0 fully saturated rings. The van der Waals surface area contributed by atoms with E-state index < -0.39 is 10.0 Å². The second kappa shape index (κ2) is 5.90. The van der Waals surface area contributed by atoms with E-state index in [0.717, 1.165) is 5.56 Å². The maximum Gasteiger partial charge on any atom is 0.260 e. The zero-order chi connectivity index (χ0) is 14.8. The summed E-state index contributed by atoms with van der Waals surface area (Å²) < 4.78 is 28.1. The molecule has 0 amide bonds. The van der Waals surface area contributed by atoms with Gasteiger partial charge < -0.3 is 5.73 Å². The van der Waals surface area contributed by atoms with Crippen LogP contribution in [0.4, 0.5) is 5.69 Å². The molecule has 1 aromatic heterocycles. The van der Waals surface area contributed by atoms with Crippen LogP contribution in [0.3, 0.4) is 0 Å². The Kier molecular flexibility index (Phi) is 4.41. The van der Waals surface area contributed by atoms with Gasteiger partial charge in [0.15, 0.2) is 4.60 Å². The predicted octanol–water partition coefficient (Wildman–Crippen LogP) is 0.681. The third kappa shape index (κ3) is 3.35. The van der Waals surface area contributed by atoms with Crippen molar-refractivity contribution in [2.75, 3.05) is 12.3 Å². The molecular weight excluding hydrogens is 346 g/mol. The molecule has 0 saturated carbocycles. The van der Waals surface area contributed by atoms with Gasteiger partial charge in [0.05, 0.1) is 0 Å². The van der Waals surface area contributed by atoms with Gasteiger partial charge in [0.25, 0.3) is 10.0 Å². The highest BCUT2D eigenvalue weighted by molar-refractivity contribution is 9.10. The number of hydrogen-bond acceptors (Lipinski definition) is 5. The number of aryl methyl sites for hydroxylation is 1. The Bertz CT molecular complexity index is 677. The fraction of sp³-hybridized carbons (Fsp3) is 0.273. The van der Waals surface area contributed by atoms with Gasteiger partial charge in [0.2, 0.25) is 5.03 Å². The van der Waals surface area contributed by atoms with Crippen LogP contribution in [0.15, 0.2) is 33.9 Å². The van der Waals surface area contributed by atoms with Crippen molar-refractivity contribution in [2.45, 2.75) is 11.4 Å². The fourth-order valence-electron chi connectivity index (χ4n) is 1.69. The Morgan fingerprint density at radius 2 is 2.00 bits per heavy atom. The predicted molar refractivity (Wildman–Crippen MR) is 78.4 cm³/mol. The van der Waals surface area contributed by atoms with Gasteiger partial charge in [-0.1, -0.05) is 17.3 Å². The molecule has 1 heterocycles. The zero-order valence-electron chi connectivity index (χ0n) is 10.7. The summed E-state index contributed by atoms with van der Waals surface area (Å²) >= 11 is 3.07. The maximum absolute atomic E-state index is 12.1. The van der Waals surface area contributed by atoms with E-state index in [9.17, 15) is 8.42 Å². The summed E-state index contributed by atoms with van der Waals surface area (Å²) in [5.74, 6) is 0. The lowest BCUT2D eigenvalue weighted by molar-refractivity contribution is 0.560. The molecule has 0 bridgehead atoms. The van der Waals surface area contributed by atoms with E-state index in [0.29, 0.717) is 12.1 Å². The van der Waals surface area contributed by atoms with Crippen molar-refractivity contribution in [3.8, 4) is 0 Å². The largest absolute Gasteiger partial charge is 0.399 e. The number of rotatable bonds is 5. The van der Waals surface area contributed by atoms with Crippen LogP contribution in [-0.2, 0) is 23.5 Å². The quantitative estimate of drug-likeness (QED) is 0.764. The van der Waals surface area contributed by atoms with E-state index in [-0.39, 0.29) is 16.2 Å². The average Bonchev–Trinajstić information content (AvgIpc) is 2.72.